The molecule has 0 aliphatic carbocycles. The van der Waals surface area contributed by atoms with E-state index in [2.05, 4.69) is 21.2 Å². The molecular formula is C15H9BrF3NO3. The van der Waals surface area contributed by atoms with Crippen molar-refractivity contribution in [1.82, 2.24) is 5.32 Å². The molecule has 0 heterocycles. The fraction of sp³-hybridized carbons (Fsp3) is 0.0667. The maximum absolute atomic E-state index is 13.8. The highest BCUT2D eigenvalue weighted by Gasteiger charge is 2.18. The van der Waals surface area contributed by atoms with E-state index in [1.54, 1.807) is 0 Å². The maximum atomic E-state index is 13.8. The third-order valence-corrected chi connectivity index (χ3v) is 3.62. The van der Waals surface area contributed by atoms with Gasteiger partial charge in [0, 0.05) is 11.0 Å². The van der Waals surface area contributed by atoms with Gasteiger partial charge in [0.25, 0.3) is 5.91 Å². The van der Waals surface area contributed by atoms with Crippen LogP contribution in [0.15, 0.2) is 34.8 Å². The highest BCUT2D eigenvalue weighted by molar-refractivity contribution is 9.10. The largest absolute Gasteiger partial charge is 0.478 e. The zero-order valence-electron chi connectivity index (χ0n) is 11.4. The molecule has 0 fully saturated rings. The molecule has 120 valence electrons. The van der Waals surface area contributed by atoms with E-state index >= 15 is 0 Å². The van der Waals surface area contributed by atoms with E-state index < -0.39 is 34.9 Å². The molecule has 0 aliphatic rings. The summed E-state index contributed by atoms with van der Waals surface area (Å²) in [6.45, 7) is -0.173. The summed E-state index contributed by atoms with van der Waals surface area (Å²) in [6.07, 6.45) is 0. The quantitative estimate of drug-likeness (QED) is 0.843. The zero-order chi connectivity index (χ0) is 17.1. The molecule has 0 atom stereocenters. The summed E-state index contributed by atoms with van der Waals surface area (Å²) in [4.78, 5) is 22.9. The molecule has 0 spiro atoms. The van der Waals surface area contributed by atoms with E-state index in [4.69, 9.17) is 5.11 Å². The van der Waals surface area contributed by atoms with E-state index in [1.807, 2.05) is 0 Å². The van der Waals surface area contributed by atoms with Crippen molar-refractivity contribution in [2.24, 2.45) is 0 Å². The predicted molar refractivity (Wildman–Crippen MR) is 78.6 cm³/mol. The van der Waals surface area contributed by atoms with Crippen LogP contribution >= 0.6 is 15.9 Å². The Kier molecular flexibility index (Phi) is 5.05. The minimum atomic E-state index is -1.33. The molecule has 8 heteroatoms. The first-order valence-corrected chi connectivity index (χ1v) is 7.03. The summed E-state index contributed by atoms with van der Waals surface area (Å²) < 4.78 is 39.7. The lowest BCUT2D eigenvalue weighted by molar-refractivity contribution is 0.0696. The molecule has 0 unspecified atom stereocenters. The molecular weight excluding hydrogens is 379 g/mol. The first kappa shape index (κ1) is 17.0. The van der Waals surface area contributed by atoms with E-state index in [9.17, 15) is 22.8 Å². The molecule has 0 saturated carbocycles. The number of hydrogen-bond acceptors (Lipinski definition) is 2. The van der Waals surface area contributed by atoms with Gasteiger partial charge in [0.15, 0.2) is 11.6 Å². The summed E-state index contributed by atoms with van der Waals surface area (Å²) in [6, 6.07) is 4.83. The topological polar surface area (TPSA) is 66.4 Å². The third kappa shape index (κ3) is 3.89. The van der Waals surface area contributed by atoms with E-state index in [-0.39, 0.29) is 22.1 Å². The van der Waals surface area contributed by atoms with Gasteiger partial charge in [0.05, 0.1) is 11.1 Å². The highest BCUT2D eigenvalue weighted by Crippen LogP contribution is 2.21. The van der Waals surface area contributed by atoms with Crippen molar-refractivity contribution in [3.05, 3.63) is 68.9 Å². The van der Waals surface area contributed by atoms with Crippen molar-refractivity contribution >= 4 is 27.8 Å². The number of nitrogens with one attached hydrogen (secondary N) is 1. The molecule has 4 nitrogen and oxygen atoms in total. The average molecular weight is 388 g/mol. The summed E-state index contributed by atoms with van der Waals surface area (Å²) >= 11 is 2.89. The summed E-state index contributed by atoms with van der Waals surface area (Å²) in [7, 11) is 0. The van der Waals surface area contributed by atoms with Crippen LogP contribution in [0, 0.1) is 17.5 Å². The first-order valence-electron chi connectivity index (χ1n) is 6.24. The van der Waals surface area contributed by atoms with Crippen molar-refractivity contribution in [2.75, 3.05) is 0 Å². The van der Waals surface area contributed by atoms with Crippen LogP contribution in [0.1, 0.15) is 26.3 Å². The lowest BCUT2D eigenvalue weighted by atomic mass is 10.1. The lowest BCUT2D eigenvalue weighted by Gasteiger charge is -2.08. The van der Waals surface area contributed by atoms with Crippen LogP contribution in [-0.4, -0.2) is 17.0 Å². The Labute approximate surface area is 137 Å². The Morgan fingerprint density at radius 2 is 1.70 bits per heavy atom. The maximum Gasteiger partial charge on any atom is 0.336 e. The molecule has 0 aromatic heterocycles. The Morgan fingerprint density at radius 3 is 2.30 bits per heavy atom. The number of amides is 1. The summed E-state index contributed by atoms with van der Waals surface area (Å²) in [5.41, 5.74) is -0.467. The average Bonchev–Trinajstić information content (AvgIpc) is 2.47. The van der Waals surface area contributed by atoms with Crippen molar-refractivity contribution in [1.29, 1.82) is 0 Å². The van der Waals surface area contributed by atoms with Crippen LogP contribution < -0.4 is 5.32 Å². The van der Waals surface area contributed by atoms with Crippen molar-refractivity contribution in [3.8, 4) is 0 Å². The number of halogens is 4. The molecule has 0 saturated heterocycles. The first-order chi connectivity index (χ1) is 10.8. The van der Waals surface area contributed by atoms with E-state index in [0.29, 0.717) is 0 Å². The SMILES string of the molecule is O=C(NCc1ccc(F)c(F)c1)c1cc(C(=O)O)c(Br)cc1F. The van der Waals surface area contributed by atoms with Crippen LogP contribution in [0.25, 0.3) is 0 Å². The van der Waals surface area contributed by atoms with Crippen molar-refractivity contribution in [3.63, 3.8) is 0 Å². The normalized spacial score (nSPS) is 10.4. The van der Waals surface area contributed by atoms with Gasteiger partial charge >= 0.3 is 5.97 Å². The van der Waals surface area contributed by atoms with E-state index in [1.165, 1.54) is 6.07 Å². The fourth-order valence-corrected chi connectivity index (χ4v) is 2.30. The number of carboxylic acids is 1. The van der Waals surface area contributed by atoms with Gasteiger partial charge in [-0.25, -0.2) is 18.0 Å². The summed E-state index contributed by atoms with van der Waals surface area (Å²) in [5.74, 6) is -5.21. The number of rotatable bonds is 4. The Morgan fingerprint density at radius 1 is 1.00 bits per heavy atom. The van der Waals surface area contributed by atoms with Gasteiger partial charge < -0.3 is 10.4 Å². The van der Waals surface area contributed by atoms with Crippen LogP contribution in [0.4, 0.5) is 13.2 Å². The number of carboxylic acid groups (broad SMARTS) is 1. The van der Waals surface area contributed by atoms with Crippen LogP contribution in [0.5, 0.6) is 0 Å². The summed E-state index contributed by atoms with van der Waals surface area (Å²) in [5, 5.41) is 11.3. The minimum Gasteiger partial charge on any atom is -0.478 e. The number of hydrogen-bond donors (Lipinski definition) is 2. The van der Waals surface area contributed by atoms with Crippen molar-refractivity contribution < 1.29 is 27.9 Å². The third-order valence-electron chi connectivity index (χ3n) is 2.97. The molecule has 2 aromatic carbocycles. The van der Waals surface area contributed by atoms with Crippen molar-refractivity contribution in [2.45, 2.75) is 6.54 Å². The lowest BCUT2D eigenvalue weighted by Crippen LogP contribution is -2.24. The second kappa shape index (κ2) is 6.82. The number of aromatic carboxylic acids is 1. The fourth-order valence-electron chi connectivity index (χ4n) is 1.81. The second-order valence-corrected chi connectivity index (χ2v) is 5.40. The van der Waals surface area contributed by atoms with Gasteiger partial charge in [-0.3, -0.25) is 4.79 Å². The van der Waals surface area contributed by atoms with E-state index in [0.717, 1.165) is 24.3 Å². The van der Waals surface area contributed by atoms with Crippen LogP contribution in [0.2, 0.25) is 0 Å². The van der Waals surface area contributed by atoms with Gasteiger partial charge in [-0.05, 0) is 45.8 Å². The smallest absolute Gasteiger partial charge is 0.336 e. The predicted octanol–water partition coefficient (Wildman–Crippen LogP) is 3.49. The van der Waals surface area contributed by atoms with Gasteiger partial charge in [-0.15, -0.1) is 0 Å². The minimum absolute atomic E-state index is 0.000319. The molecule has 0 aliphatic heterocycles. The second-order valence-electron chi connectivity index (χ2n) is 4.55. The van der Waals surface area contributed by atoms with Gasteiger partial charge in [-0.1, -0.05) is 6.07 Å². The molecule has 1 amide bonds. The standard InChI is InChI=1S/C15H9BrF3NO3/c16-10-5-12(18)9(4-8(10)15(22)23)14(21)20-6-7-1-2-11(17)13(19)3-7/h1-5H,6H2,(H,20,21)(H,22,23). The molecule has 2 N–H and O–H groups in total. The van der Waals surface area contributed by atoms with Gasteiger partial charge in [0.2, 0.25) is 0 Å². The zero-order valence-corrected chi connectivity index (χ0v) is 13.0. The Hall–Kier alpha value is -2.35. The van der Waals surface area contributed by atoms with Crippen LogP contribution in [0.3, 0.4) is 0 Å². The molecule has 0 radical (unpaired) electrons. The molecule has 2 rings (SSSR count). The van der Waals surface area contributed by atoms with Gasteiger partial charge in [-0.2, -0.15) is 0 Å². The van der Waals surface area contributed by atoms with Gasteiger partial charge in [0.1, 0.15) is 5.82 Å². The molecule has 23 heavy (non-hydrogen) atoms. The number of benzene rings is 2. The number of carbonyl (C=O) groups excluding carboxylic acids is 1. The Balaban J connectivity index is 2.19. The Bertz CT molecular complexity index is 796. The van der Waals surface area contributed by atoms with Crippen LogP contribution in [-0.2, 0) is 6.54 Å². The highest BCUT2D eigenvalue weighted by atomic mass is 79.9. The number of carbonyl (C=O) groups is 2. The molecule has 2 aromatic rings. The molecule has 0 bridgehead atoms. The monoisotopic (exact) mass is 387 g/mol.